The van der Waals surface area contributed by atoms with Crippen molar-refractivity contribution < 1.29 is 4.79 Å². The van der Waals surface area contributed by atoms with Crippen LogP contribution in [0.15, 0.2) is 60.7 Å². The molecule has 0 bridgehead atoms. The summed E-state index contributed by atoms with van der Waals surface area (Å²) in [5.41, 5.74) is 6.08. The van der Waals surface area contributed by atoms with Gasteiger partial charge in [-0.3, -0.25) is 16.1 Å². The molecule has 0 saturated heterocycles. The van der Waals surface area contributed by atoms with Crippen LogP contribution in [0.5, 0.6) is 0 Å². The van der Waals surface area contributed by atoms with E-state index in [-0.39, 0.29) is 5.91 Å². The molecule has 5 nitrogen and oxygen atoms in total. The lowest BCUT2D eigenvalue weighted by atomic mass is 10.2. The van der Waals surface area contributed by atoms with Crippen LogP contribution in [0.1, 0.15) is 10.4 Å². The second-order valence-corrected chi connectivity index (χ2v) is 3.35. The fraction of sp³-hybridized carbons (Fsp3) is 0. The zero-order chi connectivity index (χ0) is 13.2. The van der Waals surface area contributed by atoms with Crippen molar-refractivity contribution in [3.8, 4) is 0 Å². The van der Waals surface area contributed by atoms with Crippen LogP contribution in [0, 0.1) is 0 Å². The quantitative estimate of drug-likeness (QED) is 0.363. The number of hydrogen-bond acceptors (Lipinski definition) is 4. The first-order valence-corrected chi connectivity index (χ1v) is 5.35. The predicted molar refractivity (Wildman–Crippen MR) is 72.3 cm³/mol. The molecule has 0 saturated carbocycles. The van der Waals surface area contributed by atoms with E-state index in [1.54, 1.807) is 24.3 Å². The van der Waals surface area contributed by atoms with Crippen molar-refractivity contribution >= 4 is 11.6 Å². The van der Waals surface area contributed by atoms with E-state index in [0.29, 0.717) is 5.56 Å². The van der Waals surface area contributed by atoms with Gasteiger partial charge in [-0.2, -0.15) is 0 Å². The van der Waals surface area contributed by atoms with Gasteiger partial charge in [-0.15, -0.1) is 0 Å². The number of nitrogens with one attached hydrogen (secondary N) is 2. The Morgan fingerprint density at radius 2 is 1.33 bits per heavy atom. The Balaban J connectivity index is 0.000000184. The van der Waals surface area contributed by atoms with Crippen LogP contribution in [-0.4, -0.2) is 5.91 Å². The van der Waals surface area contributed by atoms with E-state index in [4.69, 9.17) is 11.7 Å². The standard InChI is InChI=1S/C7H8N2O.C6H8N2/c8-9-7(10)6-4-2-1-3-5-6;7-8-6-4-2-1-3-5-6/h1-5H,8H2,(H,9,10);1-5,8H,7H2. The minimum Gasteiger partial charge on any atom is -0.324 e. The number of nitrogens with two attached hydrogens (primary N) is 2. The largest absolute Gasteiger partial charge is 0.324 e. The molecule has 0 unspecified atom stereocenters. The molecule has 0 aliphatic heterocycles. The van der Waals surface area contributed by atoms with Crippen LogP contribution in [0.25, 0.3) is 0 Å². The van der Waals surface area contributed by atoms with Gasteiger partial charge < -0.3 is 5.43 Å². The van der Waals surface area contributed by atoms with E-state index in [1.165, 1.54) is 0 Å². The zero-order valence-corrected chi connectivity index (χ0v) is 9.84. The molecule has 0 aliphatic rings. The first-order chi connectivity index (χ1) is 8.77. The number of hydrogen-bond donors (Lipinski definition) is 4. The maximum atomic E-state index is 10.8. The first-order valence-electron chi connectivity index (χ1n) is 5.35. The molecule has 1 amide bonds. The predicted octanol–water partition coefficient (Wildman–Crippen LogP) is 1.26. The van der Waals surface area contributed by atoms with Crippen molar-refractivity contribution in [3.05, 3.63) is 66.2 Å². The van der Waals surface area contributed by atoms with Crippen molar-refractivity contribution in [3.63, 3.8) is 0 Å². The number of carbonyl (C=O) groups is 1. The summed E-state index contributed by atoms with van der Waals surface area (Å²) in [5, 5.41) is 0. The molecule has 0 atom stereocenters. The SMILES string of the molecule is NNC(=O)c1ccccc1.NNc1ccccc1. The van der Waals surface area contributed by atoms with Crippen LogP contribution >= 0.6 is 0 Å². The molecule has 0 spiro atoms. The summed E-state index contributed by atoms with van der Waals surface area (Å²) in [6.45, 7) is 0. The number of nitrogen functional groups attached to an aromatic ring is 2. The van der Waals surface area contributed by atoms with Crippen LogP contribution in [-0.2, 0) is 0 Å². The molecule has 18 heavy (non-hydrogen) atoms. The van der Waals surface area contributed by atoms with Crippen molar-refractivity contribution in [1.82, 2.24) is 5.43 Å². The van der Waals surface area contributed by atoms with Crippen LogP contribution < -0.4 is 22.5 Å². The highest BCUT2D eigenvalue weighted by atomic mass is 16.2. The molecule has 0 fully saturated rings. The third-order valence-electron chi connectivity index (χ3n) is 2.11. The van der Waals surface area contributed by atoms with E-state index in [1.807, 2.05) is 41.8 Å². The lowest BCUT2D eigenvalue weighted by Gasteiger charge is -1.95. The minimum atomic E-state index is -0.263. The average Bonchev–Trinajstić information content (AvgIpc) is 2.49. The van der Waals surface area contributed by atoms with E-state index >= 15 is 0 Å². The molecule has 0 aliphatic carbocycles. The molecule has 0 aromatic heterocycles. The molecule has 6 N–H and O–H groups in total. The maximum Gasteiger partial charge on any atom is 0.265 e. The summed E-state index contributed by atoms with van der Waals surface area (Å²) in [5.74, 6) is 9.74. The van der Waals surface area contributed by atoms with E-state index in [0.717, 1.165) is 5.69 Å². The van der Waals surface area contributed by atoms with Crippen LogP contribution in [0.3, 0.4) is 0 Å². The normalized spacial score (nSPS) is 8.78. The Hall–Kier alpha value is -2.37. The monoisotopic (exact) mass is 244 g/mol. The smallest absolute Gasteiger partial charge is 0.265 e. The van der Waals surface area contributed by atoms with Gasteiger partial charge in [0.1, 0.15) is 0 Å². The van der Waals surface area contributed by atoms with Gasteiger partial charge in [0.2, 0.25) is 0 Å². The van der Waals surface area contributed by atoms with Crippen LogP contribution in [0.4, 0.5) is 5.69 Å². The number of amides is 1. The van der Waals surface area contributed by atoms with Gasteiger partial charge in [0.15, 0.2) is 0 Å². The van der Waals surface area contributed by atoms with Gasteiger partial charge in [-0.05, 0) is 24.3 Å². The summed E-state index contributed by atoms with van der Waals surface area (Å²) in [4.78, 5) is 10.8. The second kappa shape index (κ2) is 7.83. The van der Waals surface area contributed by atoms with Crippen molar-refractivity contribution in [1.29, 1.82) is 0 Å². The average molecular weight is 244 g/mol. The Morgan fingerprint density at radius 1 is 0.833 bits per heavy atom. The summed E-state index contributed by atoms with van der Waals surface area (Å²) in [6.07, 6.45) is 0. The highest BCUT2D eigenvalue weighted by Crippen LogP contribution is 2.00. The number of carbonyl (C=O) groups excluding carboxylic acids is 1. The number of benzene rings is 2. The van der Waals surface area contributed by atoms with E-state index < -0.39 is 0 Å². The van der Waals surface area contributed by atoms with Crippen LogP contribution in [0.2, 0.25) is 0 Å². The molecule has 2 aromatic carbocycles. The number of anilines is 1. The van der Waals surface area contributed by atoms with Gasteiger partial charge in [0.25, 0.3) is 5.91 Å². The highest BCUT2D eigenvalue weighted by molar-refractivity contribution is 5.93. The van der Waals surface area contributed by atoms with Crippen molar-refractivity contribution in [2.24, 2.45) is 11.7 Å². The Morgan fingerprint density at radius 3 is 1.72 bits per heavy atom. The summed E-state index contributed by atoms with van der Waals surface area (Å²) in [7, 11) is 0. The first kappa shape index (κ1) is 13.7. The Bertz CT molecular complexity index is 459. The topological polar surface area (TPSA) is 93.2 Å². The lowest BCUT2D eigenvalue weighted by molar-refractivity contribution is 0.0953. The third-order valence-corrected chi connectivity index (χ3v) is 2.11. The molecule has 0 heterocycles. The van der Waals surface area contributed by atoms with Gasteiger partial charge in [-0.1, -0.05) is 36.4 Å². The Kier molecular flexibility index (Phi) is 5.96. The second-order valence-electron chi connectivity index (χ2n) is 3.35. The molecule has 2 aromatic rings. The fourth-order valence-corrected chi connectivity index (χ4v) is 1.21. The zero-order valence-electron chi connectivity index (χ0n) is 9.84. The summed E-state index contributed by atoms with van der Waals surface area (Å²) < 4.78 is 0. The maximum absolute atomic E-state index is 10.8. The van der Waals surface area contributed by atoms with E-state index in [9.17, 15) is 4.79 Å². The molecule has 5 heteroatoms. The fourth-order valence-electron chi connectivity index (χ4n) is 1.21. The molecular weight excluding hydrogens is 228 g/mol. The molecule has 2 rings (SSSR count). The summed E-state index contributed by atoms with van der Waals surface area (Å²) >= 11 is 0. The van der Waals surface area contributed by atoms with Crippen molar-refractivity contribution in [2.45, 2.75) is 0 Å². The number of hydrazine groups is 2. The Labute approximate surface area is 106 Å². The molecule has 94 valence electrons. The molecular formula is C13H16N4O. The highest BCUT2D eigenvalue weighted by Gasteiger charge is 1.98. The van der Waals surface area contributed by atoms with Gasteiger partial charge >= 0.3 is 0 Å². The van der Waals surface area contributed by atoms with E-state index in [2.05, 4.69) is 5.43 Å². The minimum absolute atomic E-state index is 0.263. The lowest BCUT2D eigenvalue weighted by Crippen LogP contribution is -2.29. The number of rotatable bonds is 2. The summed E-state index contributed by atoms with van der Waals surface area (Å²) in [6, 6.07) is 18.4. The third kappa shape index (κ3) is 4.65. The van der Waals surface area contributed by atoms with Gasteiger partial charge in [-0.25, -0.2) is 5.84 Å². The van der Waals surface area contributed by atoms with Gasteiger partial charge in [0, 0.05) is 11.3 Å². The van der Waals surface area contributed by atoms with Crippen molar-refractivity contribution in [2.75, 3.05) is 5.43 Å². The number of para-hydroxylation sites is 1. The molecule has 0 radical (unpaired) electrons. The van der Waals surface area contributed by atoms with Gasteiger partial charge in [0.05, 0.1) is 0 Å².